The second-order valence-corrected chi connectivity index (χ2v) is 13.1. The molecule has 0 spiro atoms. The number of fused-ring (bicyclic) bond motifs is 11. The Morgan fingerprint density at radius 3 is 1.88 bits per heavy atom. The molecule has 0 aliphatic rings. The SMILES string of the molecule is c1ccc(N(c2ccc3c(ccc4c5ccccc5ccc34)c2)c2ccc3oc4cccc(-c5nc6c(ccc7ccccc76)o5)c4c3c2)cc1. The first kappa shape index (κ1) is 28.0. The van der Waals surface area contributed by atoms with Gasteiger partial charge in [0.1, 0.15) is 16.7 Å². The van der Waals surface area contributed by atoms with E-state index in [1.807, 2.05) is 30.3 Å². The largest absolute Gasteiger partial charge is 0.456 e. The number of para-hydroxylation sites is 1. The molecule has 238 valence electrons. The number of hydrogen-bond donors (Lipinski definition) is 0. The molecule has 0 unspecified atom stereocenters. The minimum absolute atomic E-state index is 0.578. The van der Waals surface area contributed by atoms with Gasteiger partial charge in [-0.2, -0.15) is 0 Å². The van der Waals surface area contributed by atoms with Gasteiger partial charge in [0, 0.05) is 38.8 Å². The summed E-state index contributed by atoms with van der Waals surface area (Å²) in [5.41, 5.74) is 7.31. The minimum Gasteiger partial charge on any atom is -0.456 e. The lowest BCUT2D eigenvalue weighted by molar-refractivity contribution is 0.620. The van der Waals surface area contributed by atoms with Gasteiger partial charge in [0.2, 0.25) is 5.89 Å². The predicted molar refractivity (Wildman–Crippen MR) is 211 cm³/mol. The monoisotopic (exact) mass is 652 g/mol. The van der Waals surface area contributed by atoms with Crippen molar-refractivity contribution in [1.82, 2.24) is 4.98 Å². The second kappa shape index (κ2) is 10.8. The highest BCUT2D eigenvalue weighted by Gasteiger charge is 2.20. The summed E-state index contributed by atoms with van der Waals surface area (Å²) in [6, 6.07) is 59.8. The molecule has 2 aromatic heterocycles. The molecule has 11 rings (SSSR count). The molecule has 0 saturated carbocycles. The molecule has 11 aromatic rings. The van der Waals surface area contributed by atoms with Crippen molar-refractivity contribution in [3.8, 4) is 11.5 Å². The number of furan rings is 1. The van der Waals surface area contributed by atoms with Crippen LogP contribution < -0.4 is 4.90 Å². The Labute approximate surface area is 292 Å². The molecule has 0 atom stereocenters. The maximum atomic E-state index is 6.45. The van der Waals surface area contributed by atoms with Crippen LogP contribution in [0.5, 0.6) is 0 Å². The number of benzene rings is 9. The number of hydrogen-bond acceptors (Lipinski definition) is 4. The van der Waals surface area contributed by atoms with E-state index in [1.54, 1.807) is 0 Å². The van der Waals surface area contributed by atoms with Gasteiger partial charge >= 0.3 is 0 Å². The van der Waals surface area contributed by atoms with E-state index in [-0.39, 0.29) is 0 Å². The van der Waals surface area contributed by atoms with Crippen LogP contribution in [0.25, 0.3) is 87.6 Å². The van der Waals surface area contributed by atoms with E-state index >= 15 is 0 Å². The summed E-state index contributed by atoms with van der Waals surface area (Å²) in [5, 5.41) is 11.7. The lowest BCUT2D eigenvalue weighted by atomic mass is 9.96. The molecule has 0 amide bonds. The average Bonchev–Trinajstić information content (AvgIpc) is 3.80. The van der Waals surface area contributed by atoms with Gasteiger partial charge < -0.3 is 13.7 Å². The first-order chi connectivity index (χ1) is 25.3. The summed E-state index contributed by atoms with van der Waals surface area (Å²) >= 11 is 0. The molecule has 0 radical (unpaired) electrons. The summed E-state index contributed by atoms with van der Waals surface area (Å²) in [7, 11) is 0. The molecule has 4 nitrogen and oxygen atoms in total. The molecule has 0 bridgehead atoms. The predicted octanol–water partition coefficient (Wildman–Crippen LogP) is 13.5. The highest BCUT2D eigenvalue weighted by atomic mass is 16.3. The van der Waals surface area contributed by atoms with Crippen molar-refractivity contribution in [3.05, 3.63) is 170 Å². The Balaban J connectivity index is 1.10. The fourth-order valence-corrected chi connectivity index (χ4v) is 7.89. The van der Waals surface area contributed by atoms with Crippen molar-refractivity contribution < 1.29 is 8.83 Å². The Morgan fingerprint density at radius 1 is 0.373 bits per heavy atom. The van der Waals surface area contributed by atoms with Crippen molar-refractivity contribution in [1.29, 1.82) is 0 Å². The molecule has 2 heterocycles. The molecular formula is C47H28N2O2. The van der Waals surface area contributed by atoms with Crippen LogP contribution >= 0.6 is 0 Å². The Bertz CT molecular complexity index is 3160. The van der Waals surface area contributed by atoms with Gasteiger partial charge in [-0.15, -0.1) is 0 Å². The van der Waals surface area contributed by atoms with Gasteiger partial charge in [0.25, 0.3) is 0 Å². The summed E-state index contributed by atoms with van der Waals surface area (Å²) in [4.78, 5) is 7.36. The van der Waals surface area contributed by atoms with Crippen molar-refractivity contribution in [3.63, 3.8) is 0 Å². The van der Waals surface area contributed by atoms with Crippen LogP contribution in [0.1, 0.15) is 0 Å². The van der Waals surface area contributed by atoms with E-state index in [1.165, 1.54) is 32.3 Å². The summed E-state index contributed by atoms with van der Waals surface area (Å²) in [5.74, 6) is 0.578. The van der Waals surface area contributed by atoms with Gasteiger partial charge in [-0.1, -0.05) is 109 Å². The Kier molecular flexibility index (Phi) is 5.92. The van der Waals surface area contributed by atoms with Crippen LogP contribution in [0.2, 0.25) is 0 Å². The zero-order valence-electron chi connectivity index (χ0n) is 27.4. The van der Waals surface area contributed by atoms with Crippen molar-refractivity contribution in [2.45, 2.75) is 0 Å². The smallest absolute Gasteiger partial charge is 0.228 e. The number of anilines is 3. The molecule has 0 N–H and O–H groups in total. The Morgan fingerprint density at radius 2 is 1.02 bits per heavy atom. The van der Waals surface area contributed by atoms with Crippen molar-refractivity contribution in [2.24, 2.45) is 0 Å². The highest BCUT2D eigenvalue weighted by Crippen LogP contribution is 2.43. The number of nitrogens with zero attached hydrogens (tertiary/aromatic N) is 2. The maximum absolute atomic E-state index is 6.45. The summed E-state index contributed by atoms with van der Waals surface area (Å²) < 4.78 is 12.9. The summed E-state index contributed by atoms with van der Waals surface area (Å²) in [6.07, 6.45) is 0. The van der Waals surface area contributed by atoms with Crippen LogP contribution in [0.4, 0.5) is 17.1 Å². The van der Waals surface area contributed by atoms with Gasteiger partial charge in [0.05, 0.1) is 0 Å². The first-order valence-electron chi connectivity index (χ1n) is 17.2. The molecule has 0 aliphatic carbocycles. The zero-order valence-corrected chi connectivity index (χ0v) is 27.4. The third kappa shape index (κ3) is 4.30. The average molecular weight is 653 g/mol. The molecule has 9 aromatic carbocycles. The topological polar surface area (TPSA) is 42.4 Å². The van der Waals surface area contributed by atoms with Crippen LogP contribution in [0.3, 0.4) is 0 Å². The third-order valence-corrected chi connectivity index (χ3v) is 10.2. The minimum atomic E-state index is 0.578. The maximum Gasteiger partial charge on any atom is 0.228 e. The number of aromatic nitrogens is 1. The lowest BCUT2D eigenvalue weighted by Crippen LogP contribution is -2.09. The molecule has 0 aliphatic heterocycles. The van der Waals surface area contributed by atoms with E-state index in [2.05, 4.69) is 144 Å². The highest BCUT2D eigenvalue weighted by molar-refractivity contribution is 6.18. The fraction of sp³-hybridized carbons (Fsp3) is 0. The number of rotatable bonds is 4. The zero-order chi connectivity index (χ0) is 33.5. The summed E-state index contributed by atoms with van der Waals surface area (Å²) in [6.45, 7) is 0. The molecular weight excluding hydrogens is 625 g/mol. The second-order valence-electron chi connectivity index (χ2n) is 13.1. The van der Waals surface area contributed by atoms with E-state index in [9.17, 15) is 0 Å². The standard InChI is InChI=1S/C47H28N2O2/c1-2-11-32(12-3-1)49(33-20-24-36-31(27-33)18-23-38-35-13-6-4-9-29(35)17-22-39(36)38)34-21-26-42-41(28-34)45-40(15-8-16-43(45)50-42)47-48-46-37-14-7-5-10-30(37)19-25-44(46)51-47/h1-28H. The van der Waals surface area contributed by atoms with Crippen LogP contribution in [0, 0.1) is 0 Å². The van der Waals surface area contributed by atoms with Gasteiger partial charge in [-0.05, 0) is 98.4 Å². The van der Waals surface area contributed by atoms with E-state index < -0.39 is 0 Å². The van der Waals surface area contributed by atoms with Crippen molar-refractivity contribution in [2.75, 3.05) is 4.90 Å². The van der Waals surface area contributed by atoms with E-state index in [4.69, 9.17) is 13.8 Å². The van der Waals surface area contributed by atoms with Gasteiger partial charge in [0.15, 0.2) is 5.58 Å². The number of oxazole rings is 1. The molecule has 51 heavy (non-hydrogen) atoms. The molecule has 4 heteroatoms. The van der Waals surface area contributed by atoms with Crippen LogP contribution in [0.15, 0.2) is 179 Å². The quantitative estimate of drug-likeness (QED) is 0.177. The van der Waals surface area contributed by atoms with Gasteiger partial charge in [-0.25, -0.2) is 4.98 Å². The lowest BCUT2D eigenvalue weighted by Gasteiger charge is -2.26. The normalized spacial score (nSPS) is 11.9. The molecule has 0 fully saturated rings. The third-order valence-electron chi connectivity index (χ3n) is 10.2. The molecule has 0 saturated heterocycles. The van der Waals surface area contributed by atoms with Crippen molar-refractivity contribution >= 4 is 93.2 Å². The fourth-order valence-electron chi connectivity index (χ4n) is 7.89. The van der Waals surface area contributed by atoms with Crippen LogP contribution in [-0.4, -0.2) is 4.98 Å². The Hall–Kier alpha value is -6.91. The van der Waals surface area contributed by atoms with Gasteiger partial charge in [-0.3, -0.25) is 0 Å². The van der Waals surface area contributed by atoms with E-state index in [0.29, 0.717) is 5.89 Å². The van der Waals surface area contributed by atoms with Crippen LogP contribution in [-0.2, 0) is 0 Å². The first-order valence-corrected chi connectivity index (χ1v) is 17.2. The van der Waals surface area contributed by atoms with E-state index in [0.717, 1.165) is 66.4 Å².